The molecule has 1 N–H and O–H groups in total. The highest BCUT2D eigenvalue weighted by molar-refractivity contribution is 7.80. The molecule has 0 radical (unpaired) electrons. The lowest BCUT2D eigenvalue weighted by molar-refractivity contribution is -0.122. The van der Waals surface area contributed by atoms with Gasteiger partial charge in [0.25, 0.3) is 5.91 Å². The molecule has 0 atom stereocenters. The van der Waals surface area contributed by atoms with Crippen LogP contribution in [-0.4, -0.2) is 23.0 Å². The van der Waals surface area contributed by atoms with Gasteiger partial charge in [0.2, 0.25) is 0 Å². The third kappa shape index (κ3) is 5.16. The molecule has 1 amide bonds. The van der Waals surface area contributed by atoms with Gasteiger partial charge >= 0.3 is 0 Å². The zero-order valence-corrected chi connectivity index (χ0v) is 20.5. The third-order valence-electron chi connectivity index (χ3n) is 5.83. The molecule has 0 unspecified atom stereocenters. The van der Waals surface area contributed by atoms with Gasteiger partial charge in [0.1, 0.15) is 29.6 Å². The van der Waals surface area contributed by atoms with Crippen molar-refractivity contribution in [3.63, 3.8) is 0 Å². The summed E-state index contributed by atoms with van der Waals surface area (Å²) in [4.78, 5) is 14.4. The van der Waals surface area contributed by atoms with Gasteiger partial charge in [0.15, 0.2) is 5.11 Å². The summed E-state index contributed by atoms with van der Waals surface area (Å²) < 4.78 is 16.9. The van der Waals surface area contributed by atoms with Crippen LogP contribution in [0.2, 0.25) is 0 Å². The van der Waals surface area contributed by atoms with Crippen molar-refractivity contribution in [1.29, 1.82) is 0 Å². The van der Waals surface area contributed by atoms with Crippen LogP contribution in [0.5, 0.6) is 11.5 Å². The van der Waals surface area contributed by atoms with Crippen molar-refractivity contribution in [2.75, 3.05) is 7.11 Å². The normalized spacial score (nSPS) is 14.2. The summed E-state index contributed by atoms with van der Waals surface area (Å²) in [7, 11) is 1.62. The number of furan rings is 1. The first-order valence-electron chi connectivity index (χ1n) is 11.4. The average molecular weight is 497 g/mol. The zero-order chi connectivity index (χ0) is 24.9. The number of hydrogen-bond acceptors (Lipinski definition) is 5. The molecule has 2 heterocycles. The molecule has 1 fully saturated rings. The fourth-order valence-corrected chi connectivity index (χ4v) is 4.23. The maximum absolute atomic E-state index is 12.9. The van der Waals surface area contributed by atoms with Gasteiger partial charge in [-0.3, -0.25) is 9.69 Å². The average Bonchev–Trinajstić information content (AvgIpc) is 3.52. The van der Waals surface area contributed by atoms with Gasteiger partial charge in [-0.1, -0.05) is 48.5 Å². The molecule has 4 aromatic rings. The Hall–Kier alpha value is -4.36. The van der Waals surface area contributed by atoms with Crippen LogP contribution in [0.3, 0.4) is 0 Å². The molecular weight excluding hydrogens is 472 g/mol. The summed E-state index contributed by atoms with van der Waals surface area (Å²) in [5, 5.41) is 3.35. The van der Waals surface area contributed by atoms with E-state index in [1.165, 1.54) is 4.90 Å². The summed E-state index contributed by atoms with van der Waals surface area (Å²) in [6.45, 7) is 0.592. The van der Waals surface area contributed by atoms with Crippen LogP contribution >= 0.6 is 12.2 Å². The molecule has 180 valence electrons. The minimum Gasteiger partial charge on any atom is -0.496 e. The van der Waals surface area contributed by atoms with Crippen LogP contribution in [0, 0.1) is 0 Å². The Labute approximate surface area is 214 Å². The summed E-state index contributed by atoms with van der Waals surface area (Å²) in [6.07, 6.45) is 3.34. The van der Waals surface area contributed by atoms with Gasteiger partial charge in [-0.2, -0.15) is 0 Å². The van der Waals surface area contributed by atoms with E-state index < -0.39 is 0 Å². The number of benzene rings is 3. The second kappa shape index (κ2) is 10.5. The van der Waals surface area contributed by atoms with Crippen molar-refractivity contribution in [3.8, 4) is 22.6 Å². The van der Waals surface area contributed by atoms with Crippen LogP contribution in [0.1, 0.15) is 16.9 Å². The maximum Gasteiger partial charge on any atom is 0.276 e. The molecule has 3 aromatic carbocycles. The first-order chi connectivity index (χ1) is 17.6. The molecule has 0 saturated carbocycles. The Morgan fingerprint density at radius 3 is 2.47 bits per heavy atom. The lowest BCUT2D eigenvalue weighted by Crippen LogP contribution is -2.29. The Balaban J connectivity index is 1.29. The van der Waals surface area contributed by atoms with E-state index in [9.17, 15) is 4.79 Å². The fraction of sp³-hybridized carbons (Fsp3) is 0.103. The Morgan fingerprint density at radius 1 is 0.972 bits per heavy atom. The number of amides is 1. The van der Waals surface area contributed by atoms with Gasteiger partial charge < -0.3 is 19.2 Å². The predicted molar refractivity (Wildman–Crippen MR) is 142 cm³/mol. The zero-order valence-electron chi connectivity index (χ0n) is 19.6. The number of nitrogens with one attached hydrogen (secondary N) is 1. The van der Waals surface area contributed by atoms with Gasteiger partial charge in [-0.15, -0.1) is 0 Å². The Bertz CT molecular complexity index is 1400. The van der Waals surface area contributed by atoms with E-state index in [4.69, 9.17) is 26.1 Å². The fourth-order valence-electron chi connectivity index (χ4n) is 3.98. The number of methoxy groups -OCH3 is 1. The summed E-state index contributed by atoms with van der Waals surface area (Å²) in [5.74, 6) is 1.92. The number of hydrogen-bond donors (Lipinski definition) is 1. The summed E-state index contributed by atoms with van der Waals surface area (Å²) >= 11 is 5.36. The van der Waals surface area contributed by atoms with E-state index >= 15 is 0 Å². The molecule has 0 aliphatic carbocycles. The quantitative estimate of drug-likeness (QED) is 0.246. The van der Waals surface area contributed by atoms with E-state index in [1.54, 1.807) is 25.5 Å². The molecule has 1 aliphatic heterocycles. The molecule has 5 rings (SSSR count). The molecule has 1 saturated heterocycles. The highest BCUT2D eigenvalue weighted by atomic mass is 32.1. The topological polar surface area (TPSA) is 63.9 Å². The third-order valence-corrected chi connectivity index (χ3v) is 6.15. The van der Waals surface area contributed by atoms with Crippen molar-refractivity contribution in [2.45, 2.75) is 13.2 Å². The lowest BCUT2D eigenvalue weighted by Gasteiger charge is -2.12. The number of carbonyl (C=O) groups is 1. The molecular formula is C29H24N2O4S. The molecule has 1 aromatic heterocycles. The van der Waals surface area contributed by atoms with Gasteiger partial charge in [-0.05, 0) is 71.4 Å². The standard InChI is InChI=1S/C29H24N2O4S/c1-33-27-14-9-20(17-26-28(32)31(29(36)30-26)18-25-8-5-15-34-25)16-23(27)19-35-24-12-10-22(11-13-24)21-6-3-2-4-7-21/h2-17H,18-19H2,1H3,(H,30,36)/b26-17+. The van der Waals surface area contributed by atoms with E-state index in [0.29, 0.717) is 28.9 Å². The van der Waals surface area contributed by atoms with Crippen molar-refractivity contribution in [3.05, 3.63) is 114 Å². The lowest BCUT2D eigenvalue weighted by atomic mass is 10.1. The highest BCUT2D eigenvalue weighted by Gasteiger charge is 2.31. The van der Waals surface area contributed by atoms with Gasteiger partial charge in [-0.25, -0.2) is 0 Å². The van der Waals surface area contributed by atoms with Crippen LogP contribution in [0.15, 0.2) is 101 Å². The first kappa shape index (κ1) is 23.4. The van der Waals surface area contributed by atoms with Crippen molar-refractivity contribution >= 4 is 29.3 Å². The minimum atomic E-state index is -0.205. The van der Waals surface area contributed by atoms with Crippen LogP contribution in [0.25, 0.3) is 17.2 Å². The Morgan fingerprint density at radius 2 is 1.75 bits per heavy atom. The molecule has 7 heteroatoms. The van der Waals surface area contributed by atoms with Crippen LogP contribution in [0.4, 0.5) is 0 Å². The van der Waals surface area contributed by atoms with Crippen LogP contribution < -0.4 is 14.8 Å². The minimum absolute atomic E-state index is 0.205. The maximum atomic E-state index is 12.9. The second-order valence-electron chi connectivity index (χ2n) is 8.21. The molecule has 1 aliphatic rings. The van der Waals surface area contributed by atoms with Crippen molar-refractivity contribution < 1.29 is 18.7 Å². The van der Waals surface area contributed by atoms with E-state index in [1.807, 2.05) is 66.7 Å². The van der Waals surface area contributed by atoms with E-state index in [-0.39, 0.29) is 12.5 Å². The summed E-state index contributed by atoms with van der Waals surface area (Å²) in [6, 6.07) is 27.5. The number of thiocarbonyl (C=S) groups is 1. The van der Waals surface area contributed by atoms with Crippen molar-refractivity contribution in [2.24, 2.45) is 0 Å². The predicted octanol–water partition coefficient (Wildman–Crippen LogP) is 5.79. The molecule has 0 spiro atoms. The SMILES string of the molecule is COc1ccc(/C=C2/NC(=S)N(Cc3ccco3)C2=O)cc1COc1ccc(-c2ccccc2)cc1. The van der Waals surface area contributed by atoms with E-state index in [2.05, 4.69) is 17.4 Å². The molecule has 6 nitrogen and oxygen atoms in total. The monoisotopic (exact) mass is 496 g/mol. The van der Waals surface area contributed by atoms with E-state index in [0.717, 1.165) is 28.0 Å². The van der Waals surface area contributed by atoms with Gasteiger partial charge in [0.05, 0.1) is 19.9 Å². The second-order valence-corrected chi connectivity index (χ2v) is 8.60. The number of ether oxygens (including phenoxy) is 2. The van der Waals surface area contributed by atoms with Gasteiger partial charge in [0, 0.05) is 5.56 Å². The Kier molecular flexibility index (Phi) is 6.82. The first-order valence-corrected chi connectivity index (χ1v) is 11.8. The van der Waals surface area contributed by atoms with Crippen molar-refractivity contribution in [1.82, 2.24) is 10.2 Å². The number of carbonyl (C=O) groups excluding carboxylic acids is 1. The molecule has 36 heavy (non-hydrogen) atoms. The highest BCUT2D eigenvalue weighted by Crippen LogP contribution is 2.26. The largest absolute Gasteiger partial charge is 0.496 e. The molecule has 0 bridgehead atoms. The number of rotatable bonds is 8. The summed E-state index contributed by atoms with van der Waals surface area (Å²) in [5.41, 5.74) is 4.37. The number of nitrogens with zero attached hydrogens (tertiary/aromatic N) is 1. The van der Waals surface area contributed by atoms with Crippen LogP contribution in [-0.2, 0) is 17.9 Å². The smallest absolute Gasteiger partial charge is 0.276 e.